The topological polar surface area (TPSA) is 29.5 Å². The lowest BCUT2D eigenvalue weighted by molar-refractivity contribution is -0.106. The van der Waals surface area contributed by atoms with E-state index in [-0.39, 0.29) is 6.10 Å². The van der Waals surface area contributed by atoms with E-state index >= 15 is 0 Å². The first-order valence-corrected chi connectivity index (χ1v) is 5.90. The van der Waals surface area contributed by atoms with Crippen LogP contribution in [0, 0.1) is 5.92 Å². The zero-order valence-electron chi connectivity index (χ0n) is 9.75. The molecule has 84 valence electrons. The van der Waals surface area contributed by atoms with Gasteiger partial charge in [-0.3, -0.25) is 0 Å². The van der Waals surface area contributed by atoms with Gasteiger partial charge in [0.05, 0.1) is 11.7 Å². The summed E-state index contributed by atoms with van der Waals surface area (Å²) in [6.45, 7) is 7.21. The van der Waals surface area contributed by atoms with E-state index < -0.39 is 5.60 Å². The number of rotatable bonds is 4. The van der Waals surface area contributed by atoms with Crippen LogP contribution in [0.3, 0.4) is 0 Å². The maximum absolute atomic E-state index is 10.4. The van der Waals surface area contributed by atoms with Crippen molar-refractivity contribution in [1.29, 1.82) is 0 Å². The van der Waals surface area contributed by atoms with Gasteiger partial charge in [0.1, 0.15) is 0 Å². The van der Waals surface area contributed by atoms with Crippen molar-refractivity contribution in [3.8, 4) is 0 Å². The Labute approximate surface area is 87.7 Å². The summed E-state index contributed by atoms with van der Waals surface area (Å²) in [6, 6.07) is 0. The normalized spacial score (nSPS) is 35.6. The van der Waals surface area contributed by atoms with Gasteiger partial charge >= 0.3 is 0 Å². The van der Waals surface area contributed by atoms with Crippen LogP contribution in [0.2, 0.25) is 0 Å². The van der Waals surface area contributed by atoms with Crippen molar-refractivity contribution in [2.45, 2.75) is 64.6 Å². The van der Waals surface area contributed by atoms with Gasteiger partial charge in [0.25, 0.3) is 0 Å². The van der Waals surface area contributed by atoms with Crippen LogP contribution in [-0.2, 0) is 4.74 Å². The van der Waals surface area contributed by atoms with Gasteiger partial charge in [-0.15, -0.1) is 0 Å². The molecule has 2 nitrogen and oxygen atoms in total. The van der Waals surface area contributed by atoms with E-state index in [9.17, 15) is 5.11 Å². The fourth-order valence-corrected chi connectivity index (χ4v) is 2.58. The Kier molecular flexibility index (Phi) is 4.39. The van der Waals surface area contributed by atoms with Gasteiger partial charge in [-0.05, 0) is 25.7 Å². The summed E-state index contributed by atoms with van der Waals surface area (Å²) in [7, 11) is 0. The first-order chi connectivity index (χ1) is 6.56. The average molecular weight is 200 g/mol. The molecule has 0 amide bonds. The molecule has 3 atom stereocenters. The average Bonchev–Trinajstić information content (AvgIpc) is 2.02. The van der Waals surface area contributed by atoms with Crippen LogP contribution in [-0.4, -0.2) is 23.4 Å². The summed E-state index contributed by atoms with van der Waals surface area (Å²) in [5.74, 6) is 0.635. The molecule has 14 heavy (non-hydrogen) atoms. The Morgan fingerprint density at radius 2 is 2.29 bits per heavy atom. The molecule has 1 aliphatic heterocycles. The molecule has 3 unspecified atom stereocenters. The van der Waals surface area contributed by atoms with Crippen molar-refractivity contribution in [3.05, 3.63) is 0 Å². The second-order valence-electron chi connectivity index (χ2n) is 4.96. The summed E-state index contributed by atoms with van der Waals surface area (Å²) < 4.78 is 5.45. The molecule has 0 spiro atoms. The van der Waals surface area contributed by atoms with Crippen molar-refractivity contribution < 1.29 is 9.84 Å². The number of hydrogen-bond donors (Lipinski definition) is 1. The molecule has 0 aromatic heterocycles. The minimum absolute atomic E-state index is 0.225. The maximum Gasteiger partial charge on any atom is 0.0696 e. The van der Waals surface area contributed by atoms with Gasteiger partial charge in [-0.1, -0.05) is 26.7 Å². The van der Waals surface area contributed by atoms with E-state index in [4.69, 9.17) is 4.74 Å². The Hall–Kier alpha value is -0.0800. The monoisotopic (exact) mass is 200 g/mol. The second kappa shape index (κ2) is 5.13. The third-order valence-corrected chi connectivity index (χ3v) is 3.15. The molecule has 0 aromatic carbocycles. The fourth-order valence-electron chi connectivity index (χ4n) is 2.58. The minimum atomic E-state index is -0.452. The summed E-state index contributed by atoms with van der Waals surface area (Å²) in [6.07, 6.45) is 5.21. The summed E-state index contributed by atoms with van der Waals surface area (Å²) in [5.41, 5.74) is -0.452. The molecule has 0 radical (unpaired) electrons. The van der Waals surface area contributed by atoms with Crippen molar-refractivity contribution in [2.75, 3.05) is 6.61 Å². The SMILES string of the molecule is CCCC(C)CC1(O)CCOC(C)C1. The predicted octanol–water partition coefficient (Wildman–Crippen LogP) is 2.74. The zero-order chi connectivity index (χ0) is 10.6. The van der Waals surface area contributed by atoms with E-state index in [1.807, 2.05) is 0 Å². The number of hydrogen-bond acceptors (Lipinski definition) is 2. The van der Waals surface area contributed by atoms with E-state index in [0.29, 0.717) is 5.92 Å². The Bertz CT molecular complexity index is 170. The van der Waals surface area contributed by atoms with Gasteiger partial charge in [-0.25, -0.2) is 0 Å². The molecule has 0 aromatic rings. The molecule has 1 heterocycles. The molecule has 1 saturated heterocycles. The van der Waals surface area contributed by atoms with Crippen molar-refractivity contribution >= 4 is 0 Å². The molecule has 1 rings (SSSR count). The van der Waals surface area contributed by atoms with E-state index in [1.165, 1.54) is 12.8 Å². The van der Waals surface area contributed by atoms with Crippen LogP contribution in [0.1, 0.15) is 52.9 Å². The first-order valence-electron chi connectivity index (χ1n) is 5.90. The molecule has 2 heteroatoms. The molecule has 0 bridgehead atoms. The summed E-state index contributed by atoms with van der Waals surface area (Å²) >= 11 is 0. The highest BCUT2D eigenvalue weighted by atomic mass is 16.5. The first kappa shape index (κ1) is 12.0. The van der Waals surface area contributed by atoms with Gasteiger partial charge in [-0.2, -0.15) is 0 Å². The smallest absolute Gasteiger partial charge is 0.0696 e. The van der Waals surface area contributed by atoms with Gasteiger partial charge in [0.15, 0.2) is 0 Å². The third-order valence-electron chi connectivity index (χ3n) is 3.15. The fraction of sp³-hybridized carbons (Fsp3) is 1.00. The highest BCUT2D eigenvalue weighted by Crippen LogP contribution is 2.31. The van der Waals surface area contributed by atoms with Gasteiger partial charge < -0.3 is 9.84 Å². The molecule has 0 saturated carbocycles. The van der Waals surface area contributed by atoms with E-state index in [0.717, 1.165) is 25.9 Å². The van der Waals surface area contributed by atoms with Gasteiger partial charge in [0.2, 0.25) is 0 Å². The summed E-state index contributed by atoms with van der Waals surface area (Å²) in [4.78, 5) is 0. The summed E-state index contributed by atoms with van der Waals surface area (Å²) in [5, 5.41) is 10.4. The highest BCUT2D eigenvalue weighted by molar-refractivity contribution is 4.85. The highest BCUT2D eigenvalue weighted by Gasteiger charge is 2.34. The van der Waals surface area contributed by atoms with Crippen molar-refractivity contribution in [1.82, 2.24) is 0 Å². The van der Waals surface area contributed by atoms with Gasteiger partial charge in [0, 0.05) is 13.0 Å². The molecule has 1 N–H and O–H groups in total. The number of aliphatic hydroxyl groups is 1. The quantitative estimate of drug-likeness (QED) is 0.756. The lowest BCUT2D eigenvalue weighted by atomic mass is 9.82. The molecular weight excluding hydrogens is 176 g/mol. The number of ether oxygens (including phenoxy) is 1. The van der Waals surface area contributed by atoms with Crippen LogP contribution in [0.4, 0.5) is 0 Å². The standard InChI is InChI=1S/C12H24O2/c1-4-5-10(2)8-12(13)6-7-14-11(3)9-12/h10-11,13H,4-9H2,1-3H3. The predicted molar refractivity (Wildman–Crippen MR) is 58.3 cm³/mol. The van der Waals surface area contributed by atoms with E-state index in [2.05, 4.69) is 20.8 Å². The van der Waals surface area contributed by atoms with Crippen LogP contribution in [0.5, 0.6) is 0 Å². The minimum Gasteiger partial charge on any atom is -0.390 e. The Morgan fingerprint density at radius 3 is 2.86 bits per heavy atom. The largest absolute Gasteiger partial charge is 0.390 e. The molecule has 0 aliphatic carbocycles. The van der Waals surface area contributed by atoms with Crippen LogP contribution < -0.4 is 0 Å². The molecular formula is C12H24O2. The zero-order valence-corrected chi connectivity index (χ0v) is 9.75. The van der Waals surface area contributed by atoms with Crippen molar-refractivity contribution in [3.63, 3.8) is 0 Å². The van der Waals surface area contributed by atoms with Crippen LogP contribution >= 0.6 is 0 Å². The Balaban J connectivity index is 2.39. The lowest BCUT2D eigenvalue weighted by Crippen LogP contribution is -2.41. The Morgan fingerprint density at radius 1 is 1.57 bits per heavy atom. The second-order valence-corrected chi connectivity index (χ2v) is 4.96. The maximum atomic E-state index is 10.4. The lowest BCUT2D eigenvalue weighted by Gasteiger charge is -2.37. The van der Waals surface area contributed by atoms with E-state index in [1.54, 1.807) is 0 Å². The molecule has 1 fully saturated rings. The van der Waals surface area contributed by atoms with Crippen molar-refractivity contribution in [2.24, 2.45) is 5.92 Å². The van der Waals surface area contributed by atoms with Crippen LogP contribution in [0.15, 0.2) is 0 Å². The molecule has 1 aliphatic rings. The third kappa shape index (κ3) is 3.58. The van der Waals surface area contributed by atoms with Crippen LogP contribution in [0.25, 0.3) is 0 Å².